The lowest BCUT2D eigenvalue weighted by atomic mass is 10.3. The van der Waals surface area contributed by atoms with E-state index in [1.165, 1.54) is 0 Å². The first-order valence-corrected chi connectivity index (χ1v) is 10.7. The average molecular weight is 509 g/mol. The molecular formula is C16H28IN7O2S. The molecule has 3 rings (SSSR count). The Kier molecular flexibility index (Phi) is 8.48. The van der Waals surface area contributed by atoms with Gasteiger partial charge in [0.1, 0.15) is 0 Å². The van der Waals surface area contributed by atoms with Crippen molar-refractivity contribution in [2.75, 3.05) is 63.0 Å². The molecule has 3 heterocycles. The molecule has 0 aromatic carbocycles. The van der Waals surface area contributed by atoms with Gasteiger partial charge in [-0.05, 0) is 19.4 Å². The fraction of sp³-hybridized carbons (Fsp3) is 0.688. The van der Waals surface area contributed by atoms with Gasteiger partial charge in [0.25, 0.3) is 0 Å². The highest BCUT2D eigenvalue weighted by Crippen LogP contribution is 2.13. The predicted octanol–water partition coefficient (Wildman–Crippen LogP) is 0.218. The summed E-state index contributed by atoms with van der Waals surface area (Å²) in [6.45, 7) is 7.67. The highest BCUT2D eigenvalue weighted by Gasteiger charge is 2.27. The molecule has 0 saturated carbocycles. The number of aliphatic imine (C=N–C) groups is 1. The van der Waals surface area contributed by atoms with E-state index in [2.05, 4.69) is 30.1 Å². The molecular weight excluding hydrogens is 481 g/mol. The second-order valence-electron chi connectivity index (χ2n) is 6.33. The van der Waals surface area contributed by atoms with E-state index in [0.29, 0.717) is 19.6 Å². The van der Waals surface area contributed by atoms with Gasteiger partial charge in [0, 0.05) is 58.2 Å². The summed E-state index contributed by atoms with van der Waals surface area (Å²) in [6, 6.07) is 1.82. The summed E-state index contributed by atoms with van der Waals surface area (Å²) in [5.74, 6) is 1.87. The molecule has 2 aliphatic rings. The van der Waals surface area contributed by atoms with Crippen LogP contribution in [0.3, 0.4) is 0 Å². The Bertz CT molecular complexity index is 709. The second-order valence-corrected chi connectivity index (χ2v) is 8.42. The molecule has 1 aromatic rings. The largest absolute Gasteiger partial charge is 0.357 e. The van der Waals surface area contributed by atoms with Crippen LogP contribution in [0, 0.1) is 0 Å². The van der Waals surface area contributed by atoms with Crippen molar-refractivity contribution >= 4 is 45.9 Å². The maximum absolute atomic E-state index is 11.9. The van der Waals surface area contributed by atoms with Gasteiger partial charge in [0.2, 0.25) is 16.0 Å². The van der Waals surface area contributed by atoms with Gasteiger partial charge in [0.05, 0.1) is 12.3 Å². The summed E-state index contributed by atoms with van der Waals surface area (Å²) in [5.41, 5.74) is 0. The number of rotatable bonds is 5. The smallest absolute Gasteiger partial charge is 0.225 e. The summed E-state index contributed by atoms with van der Waals surface area (Å²) >= 11 is 0. The van der Waals surface area contributed by atoms with E-state index >= 15 is 0 Å². The molecule has 0 bridgehead atoms. The summed E-state index contributed by atoms with van der Waals surface area (Å²) < 4.78 is 25.3. The van der Waals surface area contributed by atoms with E-state index in [1.807, 2.05) is 13.0 Å². The Hall–Kier alpha value is -1.21. The molecule has 2 saturated heterocycles. The molecule has 0 unspecified atom stereocenters. The van der Waals surface area contributed by atoms with Gasteiger partial charge in [-0.2, -0.15) is 0 Å². The summed E-state index contributed by atoms with van der Waals surface area (Å²) in [6.07, 6.45) is 4.23. The van der Waals surface area contributed by atoms with Crippen LogP contribution in [0.2, 0.25) is 0 Å². The number of aromatic nitrogens is 2. The highest BCUT2D eigenvalue weighted by molar-refractivity contribution is 14.0. The Balaban J connectivity index is 0.00000261. The Morgan fingerprint density at radius 1 is 1.19 bits per heavy atom. The quantitative estimate of drug-likeness (QED) is 0.345. The minimum absolute atomic E-state index is 0. The number of nitrogens with zero attached hydrogens (tertiary/aromatic N) is 6. The lowest BCUT2D eigenvalue weighted by Gasteiger charge is -2.36. The Morgan fingerprint density at radius 2 is 1.89 bits per heavy atom. The molecule has 0 spiro atoms. The van der Waals surface area contributed by atoms with Gasteiger partial charge < -0.3 is 15.1 Å². The first-order chi connectivity index (χ1) is 12.6. The molecule has 0 atom stereocenters. The van der Waals surface area contributed by atoms with Crippen molar-refractivity contribution in [1.29, 1.82) is 0 Å². The highest BCUT2D eigenvalue weighted by atomic mass is 127. The molecule has 0 aliphatic carbocycles. The van der Waals surface area contributed by atoms with Crippen LogP contribution >= 0.6 is 24.0 Å². The zero-order chi connectivity index (χ0) is 18.4. The fourth-order valence-electron chi connectivity index (χ4n) is 3.21. The van der Waals surface area contributed by atoms with Gasteiger partial charge in [-0.1, -0.05) is 0 Å². The molecule has 152 valence electrons. The number of hydrogen-bond acceptors (Lipinski definition) is 6. The molecule has 2 fully saturated rings. The Labute approximate surface area is 178 Å². The lowest BCUT2D eigenvalue weighted by Crippen LogP contribution is -2.53. The summed E-state index contributed by atoms with van der Waals surface area (Å²) in [5, 5.41) is 3.31. The van der Waals surface area contributed by atoms with Crippen molar-refractivity contribution in [3.63, 3.8) is 0 Å². The average Bonchev–Trinajstić information content (AvgIpc) is 3.00. The lowest BCUT2D eigenvalue weighted by molar-refractivity contribution is 0.369. The summed E-state index contributed by atoms with van der Waals surface area (Å²) in [7, 11) is -3.05. The number of nitrogens with one attached hydrogen (secondary N) is 1. The normalized spacial score (nSPS) is 20.4. The monoisotopic (exact) mass is 509 g/mol. The van der Waals surface area contributed by atoms with E-state index in [9.17, 15) is 8.42 Å². The first-order valence-electron chi connectivity index (χ1n) is 9.13. The number of piperazine rings is 1. The first kappa shape index (κ1) is 22.1. The van der Waals surface area contributed by atoms with Crippen molar-refractivity contribution in [3.8, 4) is 0 Å². The van der Waals surface area contributed by atoms with Crippen molar-refractivity contribution in [3.05, 3.63) is 18.5 Å². The number of hydrogen-bond donors (Lipinski definition) is 1. The van der Waals surface area contributed by atoms with Crippen molar-refractivity contribution in [2.24, 2.45) is 4.99 Å². The minimum atomic E-state index is -3.05. The zero-order valence-electron chi connectivity index (χ0n) is 15.6. The number of guanidine groups is 1. The third-order valence-corrected chi connectivity index (χ3v) is 6.52. The van der Waals surface area contributed by atoms with Crippen LogP contribution in [0.25, 0.3) is 0 Å². The van der Waals surface area contributed by atoms with Gasteiger partial charge in [0.15, 0.2) is 5.96 Å². The molecule has 1 aromatic heterocycles. The van der Waals surface area contributed by atoms with Crippen LogP contribution in [0.1, 0.15) is 13.3 Å². The zero-order valence-corrected chi connectivity index (χ0v) is 18.8. The maximum Gasteiger partial charge on any atom is 0.225 e. The van der Waals surface area contributed by atoms with Crippen molar-refractivity contribution in [2.45, 2.75) is 13.3 Å². The van der Waals surface area contributed by atoms with Crippen LogP contribution in [0.4, 0.5) is 5.95 Å². The van der Waals surface area contributed by atoms with Crippen LogP contribution in [0.5, 0.6) is 0 Å². The molecule has 0 amide bonds. The van der Waals surface area contributed by atoms with Gasteiger partial charge in [-0.15, -0.1) is 24.0 Å². The van der Waals surface area contributed by atoms with E-state index < -0.39 is 10.0 Å². The number of sulfonamides is 1. The number of anilines is 1. The van der Waals surface area contributed by atoms with Crippen LogP contribution in [0.15, 0.2) is 23.5 Å². The summed E-state index contributed by atoms with van der Waals surface area (Å²) in [4.78, 5) is 17.6. The molecule has 9 nitrogen and oxygen atoms in total. The topological polar surface area (TPSA) is 94.0 Å². The third-order valence-electron chi connectivity index (χ3n) is 4.56. The van der Waals surface area contributed by atoms with E-state index in [-0.39, 0.29) is 29.7 Å². The number of halogens is 1. The molecule has 0 radical (unpaired) electrons. The fourth-order valence-corrected chi connectivity index (χ4v) is 4.73. The molecule has 11 heteroatoms. The van der Waals surface area contributed by atoms with Crippen molar-refractivity contribution < 1.29 is 8.42 Å². The van der Waals surface area contributed by atoms with Gasteiger partial charge in [-0.25, -0.2) is 22.7 Å². The maximum atomic E-state index is 11.9. The second kappa shape index (κ2) is 10.4. The van der Waals surface area contributed by atoms with E-state index in [4.69, 9.17) is 0 Å². The SMILES string of the molecule is CCNC(=NCCN1CCCS1(=O)=O)N1CCN(c2ncccn2)CC1.I. The van der Waals surface area contributed by atoms with Crippen molar-refractivity contribution in [1.82, 2.24) is 24.5 Å². The van der Waals surface area contributed by atoms with Crippen LogP contribution < -0.4 is 10.2 Å². The van der Waals surface area contributed by atoms with Crippen LogP contribution in [-0.4, -0.2) is 91.7 Å². The van der Waals surface area contributed by atoms with Gasteiger partial charge >= 0.3 is 0 Å². The van der Waals surface area contributed by atoms with E-state index in [1.54, 1.807) is 16.7 Å². The third kappa shape index (κ3) is 5.88. The predicted molar refractivity (Wildman–Crippen MR) is 117 cm³/mol. The molecule has 2 aliphatic heterocycles. The minimum Gasteiger partial charge on any atom is -0.357 e. The van der Waals surface area contributed by atoms with Crippen LogP contribution in [-0.2, 0) is 10.0 Å². The standard InChI is InChI=1S/C16H27N7O2S.HI/c1-2-17-15(20-7-9-23-8-4-14-26(23,24)25)21-10-12-22(13-11-21)16-18-5-3-6-19-16;/h3,5-6H,2,4,7-14H2,1H3,(H,17,20);1H. The van der Waals surface area contributed by atoms with E-state index in [0.717, 1.165) is 51.1 Å². The molecule has 27 heavy (non-hydrogen) atoms. The Morgan fingerprint density at radius 3 is 2.48 bits per heavy atom. The van der Waals surface area contributed by atoms with Gasteiger partial charge in [-0.3, -0.25) is 4.99 Å². The molecule has 1 N–H and O–H groups in total.